The van der Waals surface area contributed by atoms with E-state index >= 15 is 0 Å². The molecule has 0 aromatic carbocycles. The van der Waals surface area contributed by atoms with Gasteiger partial charge in [0.2, 0.25) is 0 Å². The summed E-state index contributed by atoms with van der Waals surface area (Å²) in [5, 5.41) is 0. The summed E-state index contributed by atoms with van der Waals surface area (Å²) in [7, 11) is 0. The molecule has 0 N–H and O–H groups in total. The second kappa shape index (κ2) is 7.85. The summed E-state index contributed by atoms with van der Waals surface area (Å²) in [6, 6.07) is 0. The van der Waals surface area contributed by atoms with Crippen LogP contribution >= 0.6 is 0 Å². The highest BCUT2D eigenvalue weighted by Crippen LogP contribution is 2.40. The molecule has 4 aliphatic carbocycles. The van der Waals surface area contributed by atoms with Crippen LogP contribution in [0.25, 0.3) is 0 Å². The third kappa shape index (κ3) is 4.01. The van der Waals surface area contributed by atoms with Crippen LogP contribution in [0.2, 0.25) is 0 Å². The van der Waals surface area contributed by atoms with E-state index in [0.29, 0.717) is 0 Å². The molecule has 0 aliphatic heterocycles. The predicted octanol–water partition coefficient (Wildman–Crippen LogP) is 6.36. The van der Waals surface area contributed by atoms with E-state index in [1.807, 2.05) is 0 Å². The van der Waals surface area contributed by atoms with Crippen molar-refractivity contribution >= 4 is 0 Å². The number of fused-ring (bicyclic) bond motifs is 2. The van der Waals surface area contributed by atoms with Crippen molar-refractivity contribution in [3.05, 3.63) is 12.8 Å². The fraction of sp³-hybridized carbons (Fsp3) is 0.900. The van der Waals surface area contributed by atoms with E-state index in [2.05, 4.69) is 12.8 Å². The van der Waals surface area contributed by atoms with Gasteiger partial charge in [0.15, 0.2) is 0 Å². The Balaban J connectivity index is 0.000000121. The lowest BCUT2D eigenvalue weighted by atomic mass is 9.71. The zero-order valence-corrected chi connectivity index (χ0v) is 13.4. The van der Waals surface area contributed by atoms with Gasteiger partial charge in [0, 0.05) is 0 Å². The van der Waals surface area contributed by atoms with E-state index in [-0.39, 0.29) is 0 Å². The Bertz CT molecular complexity index is 189. The van der Waals surface area contributed by atoms with Gasteiger partial charge < -0.3 is 0 Å². The maximum atomic E-state index is 2.59. The Morgan fingerprint density at radius 2 is 0.850 bits per heavy atom. The molecule has 0 spiro atoms. The Kier molecular flexibility index (Phi) is 5.86. The SMILES string of the molecule is [CH]1CCCC2CCCCC12.[CH]1CCCC2CCCCC12. The van der Waals surface area contributed by atoms with Gasteiger partial charge in [-0.25, -0.2) is 0 Å². The van der Waals surface area contributed by atoms with Gasteiger partial charge in [-0.2, -0.15) is 0 Å². The van der Waals surface area contributed by atoms with Gasteiger partial charge >= 0.3 is 0 Å². The molecule has 4 fully saturated rings. The van der Waals surface area contributed by atoms with E-state index in [0.717, 1.165) is 23.7 Å². The maximum Gasteiger partial charge on any atom is -0.0352 e. The Labute approximate surface area is 127 Å². The van der Waals surface area contributed by atoms with Crippen molar-refractivity contribution in [3.63, 3.8) is 0 Å². The number of hydrogen-bond acceptors (Lipinski definition) is 0. The minimum absolute atomic E-state index is 1.03. The van der Waals surface area contributed by atoms with E-state index in [4.69, 9.17) is 0 Å². The molecule has 4 unspecified atom stereocenters. The molecule has 4 aliphatic rings. The van der Waals surface area contributed by atoms with Crippen LogP contribution in [-0.4, -0.2) is 0 Å². The largest absolute Gasteiger partial charge is 0.0530 e. The monoisotopic (exact) mass is 274 g/mol. The standard InChI is InChI=1S/2C10H17/c2*1-2-6-10-8-4-3-7-9(10)5-1/h2*5,9-10H,1-4,6-8H2. The molecule has 4 atom stereocenters. The molecule has 0 nitrogen and oxygen atoms in total. The minimum atomic E-state index is 1.03. The van der Waals surface area contributed by atoms with Crippen molar-refractivity contribution in [2.24, 2.45) is 23.7 Å². The van der Waals surface area contributed by atoms with Gasteiger partial charge in [-0.3, -0.25) is 0 Å². The van der Waals surface area contributed by atoms with Crippen LogP contribution in [0.15, 0.2) is 0 Å². The summed E-state index contributed by atoms with van der Waals surface area (Å²) in [6.07, 6.45) is 26.1. The predicted molar refractivity (Wildman–Crippen MR) is 87.2 cm³/mol. The fourth-order valence-corrected chi connectivity index (χ4v) is 5.23. The maximum absolute atomic E-state index is 2.59. The highest BCUT2D eigenvalue weighted by atomic mass is 14.3. The van der Waals surface area contributed by atoms with Crippen molar-refractivity contribution in [2.45, 2.75) is 89.9 Å². The van der Waals surface area contributed by atoms with Gasteiger partial charge in [0.1, 0.15) is 0 Å². The van der Waals surface area contributed by atoms with E-state index in [9.17, 15) is 0 Å². The zero-order chi connectivity index (χ0) is 13.6. The Morgan fingerprint density at radius 1 is 0.450 bits per heavy atom. The van der Waals surface area contributed by atoms with Crippen LogP contribution in [-0.2, 0) is 0 Å². The minimum Gasteiger partial charge on any atom is -0.0530 e. The lowest BCUT2D eigenvalue weighted by Crippen LogP contribution is -2.23. The molecule has 0 aromatic rings. The van der Waals surface area contributed by atoms with E-state index in [1.165, 1.54) is 89.9 Å². The summed E-state index contributed by atoms with van der Waals surface area (Å²) >= 11 is 0. The molecule has 0 heteroatoms. The van der Waals surface area contributed by atoms with Crippen LogP contribution in [0.4, 0.5) is 0 Å². The summed E-state index contributed by atoms with van der Waals surface area (Å²) < 4.78 is 0. The molecule has 20 heavy (non-hydrogen) atoms. The molecule has 0 bridgehead atoms. The summed E-state index contributed by atoms with van der Waals surface area (Å²) in [5.41, 5.74) is 0. The molecule has 0 heterocycles. The van der Waals surface area contributed by atoms with Crippen molar-refractivity contribution in [1.29, 1.82) is 0 Å². The van der Waals surface area contributed by atoms with E-state index < -0.39 is 0 Å². The van der Waals surface area contributed by atoms with Crippen molar-refractivity contribution in [1.82, 2.24) is 0 Å². The Hall–Kier alpha value is 0. The van der Waals surface area contributed by atoms with Gasteiger partial charge in [0.25, 0.3) is 0 Å². The number of rotatable bonds is 0. The first-order chi connectivity index (χ1) is 9.93. The van der Waals surface area contributed by atoms with E-state index in [1.54, 1.807) is 0 Å². The second-order valence-electron chi connectivity index (χ2n) is 7.75. The van der Waals surface area contributed by atoms with Crippen LogP contribution in [0.5, 0.6) is 0 Å². The molecule has 0 aromatic heterocycles. The lowest BCUT2D eigenvalue weighted by molar-refractivity contribution is 0.218. The normalized spacial score (nSPS) is 40.8. The molecule has 114 valence electrons. The molecular weight excluding hydrogens is 240 g/mol. The Morgan fingerprint density at radius 3 is 1.30 bits per heavy atom. The summed E-state index contributed by atoms with van der Waals surface area (Å²) in [4.78, 5) is 0. The summed E-state index contributed by atoms with van der Waals surface area (Å²) in [6.45, 7) is 0. The van der Waals surface area contributed by atoms with Crippen molar-refractivity contribution in [2.75, 3.05) is 0 Å². The molecule has 0 amide bonds. The molecule has 4 saturated carbocycles. The average Bonchev–Trinajstić information content (AvgIpc) is 2.56. The van der Waals surface area contributed by atoms with Gasteiger partial charge in [-0.05, 0) is 62.2 Å². The van der Waals surface area contributed by atoms with Crippen LogP contribution in [0.3, 0.4) is 0 Å². The highest BCUT2D eigenvalue weighted by molar-refractivity contribution is 4.90. The molecular formula is C20H34. The third-order valence-corrected chi connectivity index (χ3v) is 6.43. The van der Waals surface area contributed by atoms with Crippen LogP contribution in [0, 0.1) is 36.5 Å². The van der Waals surface area contributed by atoms with Gasteiger partial charge in [-0.15, -0.1) is 0 Å². The van der Waals surface area contributed by atoms with Gasteiger partial charge in [-0.1, -0.05) is 64.2 Å². The molecule has 4 rings (SSSR count). The molecule has 0 saturated heterocycles. The van der Waals surface area contributed by atoms with Crippen molar-refractivity contribution in [3.8, 4) is 0 Å². The second-order valence-corrected chi connectivity index (χ2v) is 7.75. The summed E-state index contributed by atoms with van der Waals surface area (Å²) in [5.74, 6) is 4.26. The number of hydrogen-bond donors (Lipinski definition) is 0. The van der Waals surface area contributed by atoms with Crippen LogP contribution in [0.1, 0.15) is 89.9 Å². The highest BCUT2D eigenvalue weighted by Gasteiger charge is 2.27. The third-order valence-electron chi connectivity index (χ3n) is 6.43. The van der Waals surface area contributed by atoms with Crippen molar-refractivity contribution < 1.29 is 0 Å². The lowest BCUT2D eigenvalue weighted by Gasteiger charge is -2.35. The quantitative estimate of drug-likeness (QED) is 0.482. The molecule has 2 radical (unpaired) electrons. The average molecular weight is 274 g/mol. The first-order valence-electron chi connectivity index (χ1n) is 9.60. The topological polar surface area (TPSA) is 0 Å². The zero-order valence-electron chi connectivity index (χ0n) is 13.4. The van der Waals surface area contributed by atoms with Gasteiger partial charge in [0.05, 0.1) is 0 Å². The first-order valence-corrected chi connectivity index (χ1v) is 9.60. The first kappa shape index (κ1) is 14.9. The fourth-order valence-electron chi connectivity index (χ4n) is 5.23. The smallest absolute Gasteiger partial charge is 0.0352 e. The van der Waals surface area contributed by atoms with Crippen LogP contribution < -0.4 is 0 Å².